The van der Waals surface area contributed by atoms with Gasteiger partial charge in [0.1, 0.15) is 0 Å². The van der Waals surface area contributed by atoms with Gasteiger partial charge in [-0.3, -0.25) is 0 Å². The first kappa shape index (κ1) is 20.2. The second-order valence-electron chi connectivity index (χ2n) is 5.16. The molecule has 9 heteroatoms. The summed E-state index contributed by atoms with van der Waals surface area (Å²) in [6.45, 7) is 0. The van der Waals surface area contributed by atoms with Gasteiger partial charge in [-0.15, -0.1) is 0 Å². The average Bonchev–Trinajstić information content (AvgIpc) is 2.69. The molecule has 0 aliphatic rings. The molecule has 0 saturated carbocycles. The van der Waals surface area contributed by atoms with Crippen molar-refractivity contribution in [1.82, 2.24) is 0 Å². The zero-order chi connectivity index (χ0) is 20.3. The summed E-state index contributed by atoms with van der Waals surface area (Å²) in [5.41, 5.74) is -0.486. The van der Waals surface area contributed by atoms with Gasteiger partial charge in [-0.05, 0) is 18.2 Å². The molecule has 0 aromatic heterocycles. The number of hydrogen-bond donors (Lipinski definition) is 0. The van der Waals surface area contributed by atoms with Crippen LogP contribution in [-0.2, 0) is 18.9 Å². The average molecular weight is 395 g/mol. The van der Waals surface area contributed by atoms with Crippen LogP contribution >= 0.6 is 11.6 Å². The fraction of sp³-hybridized carbons (Fsp3) is 0.222. The lowest BCUT2D eigenvalue weighted by molar-refractivity contribution is 0.0580. The van der Waals surface area contributed by atoms with Crippen LogP contribution < -0.4 is 0 Å². The predicted octanol–water partition coefficient (Wildman–Crippen LogP) is 2.64. The van der Waals surface area contributed by atoms with Crippen molar-refractivity contribution in [3.8, 4) is 0 Å². The number of carbonyl (C=O) groups is 4. The molecule has 2 rings (SSSR count). The summed E-state index contributed by atoms with van der Waals surface area (Å²) in [7, 11) is 4.56. The number of halogens is 1. The third-order valence-electron chi connectivity index (χ3n) is 3.84. The molecule has 2 aromatic rings. The van der Waals surface area contributed by atoms with Crippen LogP contribution in [0.1, 0.15) is 41.4 Å². The quantitative estimate of drug-likeness (QED) is 0.575. The van der Waals surface area contributed by atoms with Crippen molar-refractivity contribution in [3.63, 3.8) is 0 Å². The van der Waals surface area contributed by atoms with Crippen molar-refractivity contribution in [2.45, 2.75) is 0 Å². The summed E-state index contributed by atoms with van der Waals surface area (Å²) < 4.78 is 19.0. The molecular weight excluding hydrogens is 380 g/mol. The summed E-state index contributed by atoms with van der Waals surface area (Å²) >= 11 is 6.19. The number of esters is 4. The molecule has 0 N–H and O–H groups in total. The van der Waals surface area contributed by atoms with Gasteiger partial charge in [0.2, 0.25) is 0 Å². The molecule has 0 fully saturated rings. The lowest BCUT2D eigenvalue weighted by atomic mass is 9.91. The molecule has 2 aromatic carbocycles. The number of hydrogen-bond acceptors (Lipinski definition) is 8. The summed E-state index contributed by atoms with van der Waals surface area (Å²) in [5.74, 6) is -3.29. The van der Waals surface area contributed by atoms with Crippen LogP contribution in [0.5, 0.6) is 0 Å². The van der Waals surface area contributed by atoms with Gasteiger partial charge in [0.05, 0.1) is 55.7 Å². The van der Waals surface area contributed by atoms with Crippen molar-refractivity contribution in [3.05, 3.63) is 45.5 Å². The lowest BCUT2D eigenvalue weighted by Gasteiger charge is -2.16. The van der Waals surface area contributed by atoms with Gasteiger partial charge in [0.25, 0.3) is 0 Å². The maximum Gasteiger partial charge on any atom is 0.340 e. The molecule has 0 atom stereocenters. The minimum Gasteiger partial charge on any atom is -0.465 e. The highest BCUT2D eigenvalue weighted by atomic mass is 35.5. The Morgan fingerprint density at radius 1 is 0.667 bits per heavy atom. The van der Waals surface area contributed by atoms with E-state index in [-0.39, 0.29) is 38.0 Å². The third-order valence-corrected chi connectivity index (χ3v) is 4.14. The first-order chi connectivity index (χ1) is 12.8. The Labute approximate surface area is 158 Å². The van der Waals surface area contributed by atoms with E-state index in [2.05, 4.69) is 0 Å². The molecule has 0 bridgehead atoms. The minimum atomic E-state index is -0.867. The summed E-state index contributed by atoms with van der Waals surface area (Å²) in [5, 5.41) is -0.284. The standard InChI is InChI=1S/C18H15ClO8/c1-24-15(20)8-5-6-9(16(21)25-2)13-12(8)10(17(22)26-3)7-11(19)14(13)18(23)27-4/h5-7H,1-4H3. The molecule has 0 radical (unpaired) electrons. The van der Waals surface area contributed by atoms with Crippen LogP contribution in [-0.4, -0.2) is 52.3 Å². The van der Waals surface area contributed by atoms with Gasteiger partial charge in [-0.2, -0.15) is 0 Å². The molecule has 0 aliphatic carbocycles. The second kappa shape index (κ2) is 8.05. The monoisotopic (exact) mass is 394 g/mol. The Kier molecular flexibility index (Phi) is 6.02. The fourth-order valence-electron chi connectivity index (χ4n) is 2.67. The smallest absolute Gasteiger partial charge is 0.340 e. The van der Waals surface area contributed by atoms with Crippen LogP contribution in [0.15, 0.2) is 18.2 Å². The van der Waals surface area contributed by atoms with Crippen molar-refractivity contribution < 1.29 is 38.1 Å². The zero-order valence-electron chi connectivity index (χ0n) is 14.9. The summed E-state index contributed by atoms with van der Waals surface area (Å²) in [6, 6.07) is 3.71. The molecular formula is C18H15ClO8. The summed E-state index contributed by atoms with van der Waals surface area (Å²) in [4.78, 5) is 49.1. The third kappa shape index (κ3) is 3.43. The van der Waals surface area contributed by atoms with Crippen LogP contribution in [0.3, 0.4) is 0 Å². The molecule has 0 spiro atoms. The van der Waals surface area contributed by atoms with Crippen molar-refractivity contribution in [1.29, 1.82) is 0 Å². The van der Waals surface area contributed by atoms with E-state index in [0.717, 1.165) is 34.5 Å². The molecule has 0 saturated heterocycles. The topological polar surface area (TPSA) is 105 Å². The predicted molar refractivity (Wildman–Crippen MR) is 94.3 cm³/mol. The Hall–Kier alpha value is -3.13. The zero-order valence-corrected chi connectivity index (χ0v) is 15.6. The Morgan fingerprint density at radius 3 is 1.52 bits per heavy atom. The van der Waals surface area contributed by atoms with Gasteiger partial charge in [-0.25, -0.2) is 19.2 Å². The van der Waals surface area contributed by atoms with Crippen LogP contribution in [0.4, 0.5) is 0 Å². The molecule has 0 heterocycles. The molecule has 0 amide bonds. The van der Waals surface area contributed by atoms with Gasteiger partial charge in [-0.1, -0.05) is 11.6 Å². The van der Waals surface area contributed by atoms with E-state index in [1.54, 1.807) is 0 Å². The van der Waals surface area contributed by atoms with Crippen LogP contribution in [0, 0.1) is 0 Å². The number of ether oxygens (including phenoxy) is 4. The van der Waals surface area contributed by atoms with E-state index in [1.165, 1.54) is 12.1 Å². The number of methoxy groups -OCH3 is 4. The minimum absolute atomic E-state index is 0.0404. The van der Waals surface area contributed by atoms with Gasteiger partial charge < -0.3 is 18.9 Å². The number of fused-ring (bicyclic) bond motifs is 1. The van der Waals surface area contributed by atoms with Crippen molar-refractivity contribution >= 4 is 46.3 Å². The maximum atomic E-state index is 12.3. The van der Waals surface area contributed by atoms with Crippen molar-refractivity contribution in [2.24, 2.45) is 0 Å². The van der Waals surface area contributed by atoms with Crippen LogP contribution in [0.25, 0.3) is 10.8 Å². The van der Waals surface area contributed by atoms with Gasteiger partial charge in [0, 0.05) is 10.8 Å². The van der Waals surface area contributed by atoms with Gasteiger partial charge >= 0.3 is 23.9 Å². The molecule has 27 heavy (non-hydrogen) atoms. The fourth-order valence-corrected chi connectivity index (χ4v) is 2.95. The van der Waals surface area contributed by atoms with Crippen molar-refractivity contribution in [2.75, 3.05) is 28.4 Å². The van der Waals surface area contributed by atoms with E-state index in [4.69, 9.17) is 30.5 Å². The van der Waals surface area contributed by atoms with E-state index < -0.39 is 23.9 Å². The van der Waals surface area contributed by atoms with E-state index >= 15 is 0 Å². The highest BCUT2D eigenvalue weighted by molar-refractivity contribution is 6.37. The van der Waals surface area contributed by atoms with Gasteiger partial charge in [0.15, 0.2) is 0 Å². The largest absolute Gasteiger partial charge is 0.465 e. The molecule has 142 valence electrons. The first-order valence-electron chi connectivity index (χ1n) is 7.44. The summed E-state index contributed by atoms with van der Waals surface area (Å²) in [6.07, 6.45) is 0. The maximum absolute atomic E-state index is 12.3. The first-order valence-corrected chi connectivity index (χ1v) is 7.82. The highest BCUT2D eigenvalue weighted by Crippen LogP contribution is 2.36. The van der Waals surface area contributed by atoms with Crippen LogP contribution in [0.2, 0.25) is 5.02 Å². The van der Waals surface area contributed by atoms with E-state index in [9.17, 15) is 19.2 Å². The SMILES string of the molecule is COC(=O)c1ccc(C(=O)OC)c2c(C(=O)OC)c(Cl)cc(C(=O)OC)c12. The number of benzene rings is 2. The van der Waals surface area contributed by atoms with E-state index in [0.29, 0.717) is 0 Å². The molecule has 0 unspecified atom stereocenters. The Balaban J connectivity index is 3.19. The second-order valence-corrected chi connectivity index (χ2v) is 5.57. The lowest BCUT2D eigenvalue weighted by Crippen LogP contribution is -2.15. The van der Waals surface area contributed by atoms with E-state index in [1.807, 2.05) is 0 Å². The molecule has 0 aliphatic heterocycles. The Bertz CT molecular complexity index is 964. The number of carbonyl (C=O) groups excluding carboxylic acids is 4. The highest BCUT2D eigenvalue weighted by Gasteiger charge is 2.29. The normalized spacial score (nSPS) is 10.3. The Morgan fingerprint density at radius 2 is 1.07 bits per heavy atom. The number of rotatable bonds is 4. The molecule has 8 nitrogen and oxygen atoms in total.